The summed E-state index contributed by atoms with van der Waals surface area (Å²) in [5.74, 6) is 0.654. The molecule has 8 nitrogen and oxygen atoms in total. The van der Waals surface area contributed by atoms with Gasteiger partial charge in [0.05, 0.1) is 38.5 Å². The van der Waals surface area contributed by atoms with Crippen molar-refractivity contribution in [2.45, 2.75) is 17.7 Å². The Morgan fingerprint density at radius 2 is 1.50 bits per heavy atom. The standard InChI is InChI=1S/C25H28N2O6S/c1-31-21-15-14-20(16-23(21)33-3)34(29,30)26-17-24(28)27-25-19(10-7-11-22(25)32-2)13-12-18-8-5-4-6-9-18/h4-11,14-16,26H,12-13,17H2,1-3H3,(H,27,28). The summed E-state index contributed by atoms with van der Waals surface area (Å²) < 4.78 is 43.4. The lowest BCUT2D eigenvalue weighted by molar-refractivity contribution is -0.115. The lowest BCUT2D eigenvalue weighted by Crippen LogP contribution is -2.33. The minimum absolute atomic E-state index is 0.0428. The number of methoxy groups -OCH3 is 3. The van der Waals surface area contributed by atoms with E-state index in [1.54, 1.807) is 6.07 Å². The summed E-state index contributed by atoms with van der Waals surface area (Å²) in [5.41, 5.74) is 2.58. The van der Waals surface area contributed by atoms with Crippen molar-refractivity contribution >= 4 is 21.6 Å². The van der Waals surface area contributed by atoms with Crippen LogP contribution in [0, 0.1) is 0 Å². The van der Waals surface area contributed by atoms with Crippen LogP contribution in [0.4, 0.5) is 5.69 Å². The average molecular weight is 485 g/mol. The Bertz CT molecular complexity index is 1230. The van der Waals surface area contributed by atoms with Crippen LogP contribution in [0.5, 0.6) is 17.2 Å². The predicted octanol–water partition coefficient (Wildman–Crippen LogP) is 3.41. The summed E-state index contributed by atoms with van der Waals surface area (Å²) in [6, 6.07) is 19.7. The van der Waals surface area contributed by atoms with Crippen LogP contribution in [-0.2, 0) is 27.7 Å². The fourth-order valence-electron chi connectivity index (χ4n) is 3.43. The third kappa shape index (κ3) is 6.27. The number of ether oxygens (including phenoxy) is 3. The summed E-state index contributed by atoms with van der Waals surface area (Å²) in [7, 11) is 0.438. The van der Waals surface area contributed by atoms with Crippen LogP contribution in [0.15, 0.2) is 71.6 Å². The Labute approximate surface area is 199 Å². The van der Waals surface area contributed by atoms with Crippen LogP contribution < -0.4 is 24.2 Å². The van der Waals surface area contributed by atoms with Gasteiger partial charge in [0.15, 0.2) is 11.5 Å². The van der Waals surface area contributed by atoms with Crippen molar-refractivity contribution in [3.8, 4) is 17.2 Å². The van der Waals surface area contributed by atoms with E-state index in [1.807, 2.05) is 42.5 Å². The summed E-state index contributed by atoms with van der Waals surface area (Å²) >= 11 is 0. The number of carbonyl (C=O) groups is 1. The average Bonchev–Trinajstić information content (AvgIpc) is 2.87. The number of aryl methyl sites for hydroxylation is 2. The van der Waals surface area contributed by atoms with Gasteiger partial charge in [-0.1, -0.05) is 42.5 Å². The third-order valence-corrected chi connectivity index (χ3v) is 6.61. The molecule has 0 unspecified atom stereocenters. The molecular weight excluding hydrogens is 456 g/mol. The second-order valence-electron chi connectivity index (χ2n) is 7.37. The highest BCUT2D eigenvalue weighted by Gasteiger charge is 2.19. The van der Waals surface area contributed by atoms with Gasteiger partial charge in [-0.2, -0.15) is 0 Å². The number of nitrogens with one attached hydrogen (secondary N) is 2. The number of para-hydroxylation sites is 1. The van der Waals surface area contributed by atoms with E-state index in [1.165, 1.54) is 45.1 Å². The SMILES string of the molecule is COc1ccc(S(=O)(=O)NCC(=O)Nc2c(CCc3ccccc3)cccc2OC)cc1OC. The summed E-state index contributed by atoms with van der Waals surface area (Å²) in [5, 5.41) is 2.80. The van der Waals surface area contributed by atoms with Gasteiger partial charge < -0.3 is 19.5 Å². The predicted molar refractivity (Wildman–Crippen MR) is 130 cm³/mol. The maximum absolute atomic E-state index is 12.7. The lowest BCUT2D eigenvalue weighted by Gasteiger charge is -2.16. The topological polar surface area (TPSA) is 103 Å². The van der Waals surface area contributed by atoms with Gasteiger partial charge in [-0.25, -0.2) is 13.1 Å². The maximum atomic E-state index is 12.7. The molecule has 0 atom stereocenters. The minimum atomic E-state index is -3.95. The molecule has 0 aliphatic rings. The molecule has 3 aromatic carbocycles. The van der Waals surface area contributed by atoms with Crippen LogP contribution in [0.25, 0.3) is 0 Å². The van der Waals surface area contributed by atoms with Crippen LogP contribution in [0.1, 0.15) is 11.1 Å². The smallest absolute Gasteiger partial charge is 0.241 e. The summed E-state index contributed by atoms with van der Waals surface area (Å²) in [6.07, 6.45) is 1.46. The van der Waals surface area contributed by atoms with Crippen molar-refractivity contribution in [3.63, 3.8) is 0 Å². The largest absolute Gasteiger partial charge is 0.495 e. The van der Waals surface area contributed by atoms with E-state index in [4.69, 9.17) is 14.2 Å². The minimum Gasteiger partial charge on any atom is -0.495 e. The van der Waals surface area contributed by atoms with E-state index in [0.717, 1.165) is 12.0 Å². The zero-order valence-electron chi connectivity index (χ0n) is 19.3. The van der Waals surface area contributed by atoms with Gasteiger partial charge in [-0.05, 0) is 42.2 Å². The number of anilines is 1. The molecule has 0 spiro atoms. The Balaban J connectivity index is 1.70. The van der Waals surface area contributed by atoms with Gasteiger partial charge in [0.1, 0.15) is 5.75 Å². The first-order valence-electron chi connectivity index (χ1n) is 10.6. The van der Waals surface area contributed by atoms with Crippen LogP contribution >= 0.6 is 0 Å². The molecule has 0 radical (unpaired) electrons. The van der Waals surface area contributed by atoms with Gasteiger partial charge >= 0.3 is 0 Å². The Hall–Kier alpha value is -3.56. The number of carbonyl (C=O) groups excluding carboxylic acids is 1. The van der Waals surface area contributed by atoms with E-state index in [9.17, 15) is 13.2 Å². The molecule has 0 heterocycles. The summed E-state index contributed by atoms with van der Waals surface area (Å²) in [6.45, 7) is -0.452. The number of rotatable bonds is 11. The monoisotopic (exact) mass is 484 g/mol. The van der Waals surface area contributed by atoms with E-state index < -0.39 is 22.5 Å². The molecule has 0 fully saturated rings. The van der Waals surface area contributed by atoms with Crippen LogP contribution in [0.2, 0.25) is 0 Å². The molecular formula is C25H28N2O6S. The number of hydrogen-bond donors (Lipinski definition) is 2. The quantitative estimate of drug-likeness (QED) is 0.432. The van der Waals surface area contributed by atoms with Crippen molar-refractivity contribution in [3.05, 3.63) is 77.9 Å². The Morgan fingerprint density at radius 1 is 0.794 bits per heavy atom. The molecule has 0 bridgehead atoms. The van der Waals surface area contributed by atoms with Gasteiger partial charge in [-0.15, -0.1) is 0 Å². The number of hydrogen-bond acceptors (Lipinski definition) is 6. The first-order valence-corrected chi connectivity index (χ1v) is 12.1. The molecule has 1 amide bonds. The van der Waals surface area contributed by atoms with E-state index >= 15 is 0 Å². The van der Waals surface area contributed by atoms with E-state index in [0.29, 0.717) is 23.6 Å². The normalized spacial score (nSPS) is 11.0. The molecule has 9 heteroatoms. The highest BCUT2D eigenvalue weighted by molar-refractivity contribution is 7.89. The molecule has 0 saturated heterocycles. The van der Waals surface area contributed by atoms with E-state index in [-0.39, 0.29) is 10.6 Å². The number of benzene rings is 3. The Kier molecular flexibility index (Phi) is 8.50. The zero-order valence-corrected chi connectivity index (χ0v) is 20.1. The summed E-state index contributed by atoms with van der Waals surface area (Å²) in [4.78, 5) is 12.6. The van der Waals surface area contributed by atoms with Gasteiger partial charge in [0.25, 0.3) is 0 Å². The first-order chi connectivity index (χ1) is 16.4. The van der Waals surface area contributed by atoms with Crippen molar-refractivity contribution < 1.29 is 27.4 Å². The Morgan fingerprint density at radius 3 is 2.18 bits per heavy atom. The van der Waals surface area contributed by atoms with Gasteiger partial charge in [-0.3, -0.25) is 4.79 Å². The second kappa shape index (κ2) is 11.5. The van der Waals surface area contributed by atoms with Crippen LogP contribution in [-0.4, -0.2) is 42.2 Å². The molecule has 3 rings (SSSR count). The van der Waals surface area contributed by atoms with Crippen molar-refractivity contribution in [1.82, 2.24) is 4.72 Å². The van der Waals surface area contributed by atoms with E-state index in [2.05, 4.69) is 10.0 Å². The number of sulfonamides is 1. The van der Waals surface area contributed by atoms with Gasteiger partial charge in [0, 0.05) is 6.07 Å². The fraction of sp³-hybridized carbons (Fsp3) is 0.240. The van der Waals surface area contributed by atoms with Crippen molar-refractivity contribution in [2.24, 2.45) is 0 Å². The fourth-order valence-corrected chi connectivity index (χ4v) is 4.43. The molecule has 3 aromatic rings. The molecule has 2 N–H and O–H groups in total. The molecule has 34 heavy (non-hydrogen) atoms. The maximum Gasteiger partial charge on any atom is 0.241 e. The van der Waals surface area contributed by atoms with Crippen LogP contribution in [0.3, 0.4) is 0 Å². The molecule has 0 saturated carbocycles. The molecule has 0 aromatic heterocycles. The molecule has 180 valence electrons. The first kappa shape index (κ1) is 25.1. The van der Waals surface area contributed by atoms with Crippen molar-refractivity contribution in [2.75, 3.05) is 33.2 Å². The molecule has 0 aliphatic heterocycles. The molecule has 0 aliphatic carbocycles. The highest BCUT2D eigenvalue weighted by atomic mass is 32.2. The highest BCUT2D eigenvalue weighted by Crippen LogP contribution is 2.30. The zero-order chi connectivity index (χ0) is 24.6. The lowest BCUT2D eigenvalue weighted by atomic mass is 10.0. The van der Waals surface area contributed by atoms with Crippen molar-refractivity contribution in [1.29, 1.82) is 0 Å². The number of amides is 1. The van der Waals surface area contributed by atoms with Gasteiger partial charge in [0.2, 0.25) is 15.9 Å². The third-order valence-electron chi connectivity index (χ3n) is 5.21. The second-order valence-corrected chi connectivity index (χ2v) is 9.14.